The highest BCUT2D eigenvalue weighted by Gasteiger charge is 2.38. The molecule has 120 valence electrons. The van der Waals surface area contributed by atoms with E-state index in [1.165, 1.54) is 4.90 Å². The Balaban J connectivity index is 1.76. The maximum atomic E-state index is 12.0. The van der Waals surface area contributed by atoms with Crippen LogP contribution >= 0.6 is 0 Å². The second-order valence-corrected chi connectivity index (χ2v) is 5.41. The predicted molar refractivity (Wildman–Crippen MR) is 81.1 cm³/mol. The summed E-state index contributed by atoms with van der Waals surface area (Å²) < 4.78 is 2.00. The van der Waals surface area contributed by atoms with E-state index in [2.05, 4.69) is 10.6 Å². The molecule has 1 aromatic rings. The van der Waals surface area contributed by atoms with E-state index >= 15 is 0 Å². The molecule has 0 aromatic carbocycles. The molecule has 2 heterocycles. The van der Waals surface area contributed by atoms with Crippen LogP contribution in [0.5, 0.6) is 0 Å². The van der Waals surface area contributed by atoms with Gasteiger partial charge >= 0.3 is 6.03 Å². The summed E-state index contributed by atoms with van der Waals surface area (Å²) in [6, 6.07) is 2.80. The first kappa shape index (κ1) is 16.1. The molecule has 1 fully saturated rings. The van der Waals surface area contributed by atoms with Crippen molar-refractivity contribution in [2.24, 2.45) is 7.05 Å². The van der Waals surface area contributed by atoms with Gasteiger partial charge in [0.2, 0.25) is 5.91 Å². The van der Waals surface area contributed by atoms with Gasteiger partial charge < -0.3 is 15.2 Å². The summed E-state index contributed by atoms with van der Waals surface area (Å²) in [7, 11) is 1.95. The summed E-state index contributed by atoms with van der Waals surface area (Å²) >= 11 is 0. The number of aryl methyl sites for hydroxylation is 1. The van der Waals surface area contributed by atoms with Gasteiger partial charge in [-0.3, -0.25) is 14.5 Å². The van der Waals surface area contributed by atoms with E-state index in [0.29, 0.717) is 19.5 Å². The van der Waals surface area contributed by atoms with E-state index < -0.39 is 12.1 Å². The minimum absolute atomic E-state index is 0.0159. The van der Waals surface area contributed by atoms with Crippen LogP contribution in [0.25, 0.3) is 0 Å². The molecule has 2 N–H and O–H groups in total. The number of carbonyl (C=O) groups is 3. The molecule has 0 bridgehead atoms. The third-order valence-electron chi connectivity index (χ3n) is 3.70. The van der Waals surface area contributed by atoms with E-state index in [-0.39, 0.29) is 18.2 Å². The van der Waals surface area contributed by atoms with Crippen LogP contribution in [0.4, 0.5) is 4.79 Å². The van der Waals surface area contributed by atoms with Crippen molar-refractivity contribution in [3.05, 3.63) is 24.0 Å². The quantitative estimate of drug-likeness (QED) is 0.716. The van der Waals surface area contributed by atoms with E-state index in [9.17, 15) is 14.4 Å². The molecule has 7 heteroatoms. The lowest BCUT2D eigenvalue weighted by Gasteiger charge is -2.11. The first-order chi connectivity index (χ1) is 10.5. The van der Waals surface area contributed by atoms with E-state index in [1.807, 2.05) is 36.9 Å². The third kappa shape index (κ3) is 3.66. The van der Waals surface area contributed by atoms with Crippen LogP contribution in [-0.4, -0.2) is 46.4 Å². The molecule has 0 unspecified atom stereocenters. The molecular weight excluding hydrogens is 284 g/mol. The normalized spacial score (nSPS) is 17.7. The Labute approximate surface area is 129 Å². The molecule has 1 atom stereocenters. The molecule has 1 aliphatic heterocycles. The maximum absolute atomic E-state index is 12.0. The molecule has 1 aliphatic rings. The van der Waals surface area contributed by atoms with Gasteiger partial charge in [0.25, 0.3) is 5.91 Å². The summed E-state index contributed by atoms with van der Waals surface area (Å²) in [4.78, 5) is 36.7. The molecule has 7 nitrogen and oxygen atoms in total. The van der Waals surface area contributed by atoms with Crippen LogP contribution in [0.3, 0.4) is 0 Å². The average molecular weight is 306 g/mol. The Kier molecular flexibility index (Phi) is 5.19. The van der Waals surface area contributed by atoms with Crippen molar-refractivity contribution >= 4 is 17.8 Å². The SMILES string of the molecule is CCCN1C(=O)N[C@H](CC(=O)NCCc2cccn2C)C1=O. The van der Waals surface area contributed by atoms with Gasteiger partial charge in [-0.25, -0.2) is 4.79 Å². The smallest absolute Gasteiger partial charge is 0.324 e. The average Bonchev–Trinajstić information content (AvgIpc) is 2.98. The van der Waals surface area contributed by atoms with Gasteiger partial charge in [0.15, 0.2) is 0 Å². The van der Waals surface area contributed by atoms with Crippen molar-refractivity contribution in [1.29, 1.82) is 0 Å². The summed E-state index contributed by atoms with van der Waals surface area (Å²) in [6.45, 7) is 2.78. The Morgan fingerprint density at radius 2 is 2.18 bits per heavy atom. The highest BCUT2D eigenvalue weighted by atomic mass is 16.2. The standard InChI is InChI=1S/C15H22N4O3/c1-3-8-19-14(21)12(17-15(19)22)10-13(20)16-7-6-11-5-4-9-18(11)2/h4-5,9,12H,3,6-8,10H2,1-2H3,(H,16,20)(H,17,22)/t12-/m1/s1. The zero-order chi connectivity index (χ0) is 16.1. The number of rotatable bonds is 7. The minimum Gasteiger partial charge on any atom is -0.356 e. The van der Waals surface area contributed by atoms with Crippen molar-refractivity contribution in [1.82, 2.24) is 20.1 Å². The van der Waals surface area contributed by atoms with Crippen LogP contribution in [-0.2, 0) is 23.1 Å². The number of urea groups is 1. The largest absolute Gasteiger partial charge is 0.356 e. The van der Waals surface area contributed by atoms with Gasteiger partial charge in [-0.2, -0.15) is 0 Å². The van der Waals surface area contributed by atoms with Crippen LogP contribution in [0.15, 0.2) is 18.3 Å². The lowest BCUT2D eigenvalue weighted by atomic mass is 10.2. The zero-order valence-corrected chi connectivity index (χ0v) is 13.0. The number of hydrogen-bond acceptors (Lipinski definition) is 3. The summed E-state index contributed by atoms with van der Waals surface area (Å²) in [5.74, 6) is -0.546. The van der Waals surface area contributed by atoms with E-state index in [1.54, 1.807) is 0 Å². The lowest BCUT2D eigenvalue weighted by molar-refractivity contribution is -0.130. The highest BCUT2D eigenvalue weighted by Crippen LogP contribution is 2.10. The topological polar surface area (TPSA) is 83.4 Å². The van der Waals surface area contributed by atoms with Crippen molar-refractivity contribution in [3.8, 4) is 0 Å². The van der Waals surface area contributed by atoms with E-state index in [4.69, 9.17) is 0 Å². The number of nitrogens with zero attached hydrogens (tertiary/aromatic N) is 2. The highest BCUT2D eigenvalue weighted by molar-refractivity contribution is 6.05. The fraction of sp³-hybridized carbons (Fsp3) is 0.533. The Hall–Kier alpha value is -2.31. The fourth-order valence-electron chi connectivity index (χ4n) is 2.49. The van der Waals surface area contributed by atoms with E-state index in [0.717, 1.165) is 12.1 Å². The molecule has 0 saturated carbocycles. The summed E-state index contributed by atoms with van der Waals surface area (Å²) in [5.41, 5.74) is 1.12. The molecule has 1 saturated heterocycles. The van der Waals surface area contributed by atoms with Gasteiger partial charge in [-0.15, -0.1) is 0 Å². The number of carbonyl (C=O) groups excluding carboxylic acids is 3. The van der Waals surface area contributed by atoms with Gasteiger partial charge in [-0.1, -0.05) is 6.92 Å². The predicted octanol–water partition coefficient (Wildman–Crippen LogP) is 0.404. The van der Waals surface area contributed by atoms with Crippen molar-refractivity contribution in [2.45, 2.75) is 32.2 Å². The number of amides is 4. The fourth-order valence-corrected chi connectivity index (χ4v) is 2.49. The molecule has 1 aromatic heterocycles. The molecule has 0 spiro atoms. The van der Waals surface area contributed by atoms with Gasteiger partial charge in [-0.05, 0) is 18.6 Å². The summed E-state index contributed by atoms with van der Waals surface area (Å²) in [6.07, 6.45) is 3.36. The number of imide groups is 1. The molecule has 4 amide bonds. The monoisotopic (exact) mass is 306 g/mol. The van der Waals surface area contributed by atoms with Crippen molar-refractivity contribution in [2.75, 3.05) is 13.1 Å². The maximum Gasteiger partial charge on any atom is 0.324 e. The lowest BCUT2D eigenvalue weighted by Crippen LogP contribution is -2.37. The molecule has 2 rings (SSSR count). The summed E-state index contributed by atoms with van der Waals surface area (Å²) in [5, 5.41) is 5.34. The van der Waals surface area contributed by atoms with Gasteiger partial charge in [0, 0.05) is 38.4 Å². The van der Waals surface area contributed by atoms with Gasteiger partial charge in [0.05, 0.1) is 6.42 Å². The number of nitrogens with one attached hydrogen (secondary N) is 2. The minimum atomic E-state index is -0.742. The second kappa shape index (κ2) is 7.11. The number of hydrogen-bond donors (Lipinski definition) is 2. The Bertz CT molecular complexity index is 567. The van der Waals surface area contributed by atoms with Crippen LogP contribution in [0.2, 0.25) is 0 Å². The van der Waals surface area contributed by atoms with Crippen molar-refractivity contribution < 1.29 is 14.4 Å². The van der Waals surface area contributed by atoms with Crippen LogP contribution < -0.4 is 10.6 Å². The molecule has 0 aliphatic carbocycles. The zero-order valence-electron chi connectivity index (χ0n) is 13.0. The first-order valence-corrected chi connectivity index (χ1v) is 7.51. The number of aromatic nitrogens is 1. The molecule has 22 heavy (non-hydrogen) atoms. The van der Waals surface area contributed by atoms with Crippen molar-refractivity contribution in [3.63, 3.8) is 0 Å². The molecular formula is C15H22N4O3. The van der Waals surface area contributed by atoms with Gasteiger partial charge in [0.1, 0.15) is 6.04 Å². The second-order valence-electron chi connectivity index (χ2n) is 5.41. The van der Waals surface area contributed by atoms with Crippen LogP contribution in [0.1, 0.15) is 25.5 Å². The van der Waals surface area contributed by atoms with Crippen LogP contribution in [0, 0.1) is 0 Å². The Morgan fingerprint density at radius 3 is 2.82 bits per heavy atom. The first-order valence-electron chi connectivity index (χ1n) is 7.51. The third-order valence-corrected chi connectivity index (χ3v) is 3.70. The molecule has 0 radical (unpaired) electrons. The Morgan fingerprint density at radius 1 is 1.41 bits per heavy atom.